The third-order valence-electron chi connectivity index (χ3n) is 1.74. The van der Waals surface area contributed by atoms with Gasteiger partial charge in [-0.2, -0.15) is 0 Å². The average Bonchev–Trinajstić information content (AvgIpc) is 2.34. The van der Waals surface area contributed by atoms with Crippen LogP contribution in [0, 0.1) is 0 Å². The molecule has 7 nitrogen and oxygen atoms in total. The number of carboxylic acid groups (broad SMARTS) is 3. The second kappa shape index (κ2) is 9.32. The van der Waals surface area contributed by atoms with Gasteiger partial charge in [0, 0.05) is 0 Å². The summed E-state index contributed by atoms with van der Waals surface area (Å²) in [5.74, 6) is -4.07. The third-order valence-corrected chi connectivity index (χ3v) is 3.26. The maximum atomic E-state index is 10.5. The number of hydrogen-bond acceptors (Lipinski definition) is 5. The summed E-state index contributed by atoms with van der Waals surface area (Å²) in [6, 6.07) is 2.64. The Labute approximate surface area is 133 Å². The quantitative estimate of drug-likeness (QED) is 0.631. The number of carboxylic acids is 3. The SMILES string of the molecule is O=C(O)CSCC(=O)O.O=C(O)c1c(Cl)ccc(Cl)c1O. The Morgan fingerprint density at radius 1 is 0.952 bits per heavy atom. The van der Waals surface area contributed by atoms with Crippen LogP contribution >= 0.6 is 35.0 Å². The molecule has 4 N–H and O–H groups in total. The maximum absolute atomic E-state index is 10.5. The lowest BCUT2D eigenvalue weighted by atomic mass is 10.2. The van der Waals surface area contributed by atoms with Crippen LogP contribution in [0.2, 0.25) is 10.0 Å². The van der Waals surface area contributed by atoms with E-state index in [1.54, 1.807) is 0 Å². The van der Waals surface area contributed by atoms with Gasteiger partial charge in [0.25, 0.3) is 0 Å². The van der Waals surface area contributed by atoms with Crippen LogP contribution in [0.15, 0.2) is 12.1 Å². The van der Waals surface area contributed by atoms with E-state index in [0.29, 0.717) is 0 Å². The number of thioether (sulfide) groups is 1. The van der Waals surface area contributed by atoms with Crippen molar-refractivity contribution in [3.63, 3.8) is 0 Å². The highest BCUT2D eigenvalue weighted by atomic mass is 35.5. The molecule has 0 spiro atoms. The monoisotopic (exact) mass is 356 g/mol. The van der Waals surface area contributed by atoms with Gasteiger partial charge in [-0.15, -0.1) is 11.8 Å². The zero-order chi connectivity index (χ0) is 16.6. The van der Waals surface area contributed by atoms with Crippen molar-refractivity contribution in [2.75, 3.05) is 11.5 Å². The van der Waals surface area contributed by atoms with Crippen LogP contribution in [0.5, 0.6) is 5.75 Å². The predicted molar refractivity (Wildman–Crippen MR) is 77.7 cm³/mol. The van der Waals surface area contributed by atoms with Crippen LogP contribution in [0.4, 0.5) is 0 Å². The maximum Gasteiger partial charge on any atom is 0.341 e. The Bertz CT molecular complexity index is 534. The molecule has 0 unspecified atom stereocenters. The van der Waals surface area contributed by atoms with Crippen molar-refractivity contribution in [1.29, 1.82) is 0 Å². The number of aromatic hydroxyl groups is 1. The fourth-order valence-electron chi connectivity index (χ4n) is 0.970. The lowest BCUT2D eigenvalue weighted by Crippen LogP contribution is -2.03. The van der Waals surface area contributed by atoms with E-state index in [9.17, 15) is 14.4 Å². The van der Waals surface area contributed by atoms with Gasteiger partial charge in [-0.1, -0.05) is 23.2 Å². The first kappa shape index (κ1) is 19.4. The van der Waals surface area contributed by atoms with Gasteiger partial charge in [0.05, 0.1) is 21.6 Å². The first-order valence-corrected chi connectivity index (χ1v) is 6.99. The Balaban J connectivity index is 0.000000400. The molecule has 0 atom stereocenters. The number of halogens is 2. The van der Waals surface area contributed by atoms with Crippen molar-refractivity contribution < 1.29 is 34.8 Å². The minimum Gasteiger partial charge on any atom is -0.505 e. The summed E-state index contributed by atoms with van der Waals surface area (Å²) in [6.45, 7) is 0. The van der Waals surface area contributed by atoms with Gasteiger partial charge >= 0.3 is 17.9 Å². The first-order valence-electron chi connectivity index (χ1n) is 5.08. The lowest BCUT2D eigenvalue weighted by molar-refractivity contribution is -0.134. The van der Waals surface area contributed by atoms with Crippen molar-refractivity contribution in [3.8, 4) is 5.75 Å². The number of aliphatic carboxylic acids is 2. The highest BCUT2D eigenvalue weighted by Crippen LogP contribution is 2.32. The normalized spacial score (nSPS) is 9.43. The molecule has 0 bridgehead atoms. The summed E-state index contributed by atoms with van der Waals surface area (Å²) in [7, 11) is 0. The first-order chi connectivity index (χ1) is 9.66. The van der Waals surface area contributed by atoms with Gasteiger partial charge < -0.3 is 20.4 Å². The molecule has 0 saturated carbocycles. The minimum atomic E-state index is -1.31. The number of carbonyl (C=O) groups is 3. The summed E-state index contributed by atoms with van der Waals surface area (Å²) in [6.07, 6.45) is 0. The van der Waals surface area contributed by atoms with Gasteiger partial charge in [-0.25, -0.2) is 4.79 Å². The molecule has 1 aromatic carbocycles. The van der Waals surface area contributed by atoms with E-state index >= 15 is 0 Å². The van der Waals surface area contributed by atoms with Crippen molar-refractivity contribution in [1.82, 2.24) is 0 Å². The second-order valence-corrected chi connectivity index (χ2v) is 5.14. The number of benzene rings is 1. The fraction of sp³-hybridized carbons (Fsp3) is 0.182. The third kappa shape index (κ3) is 7.64. The van der Waals surface area contributed by atoms with Crippen molar-refractivity contribution in [2.45, 2.75) is 0 Å². The zero-order valence-corrected chi connectivity index (χ0v) is 12.6. The molecule has 1 aromatic rings. The van der Waals surface area contributed by atoms with Gasteiger partial charge in [0.15, 0.2) is 0 Å². The Morgan fingerprint density at radius 3 is 1.71 bits per heavy atom. The summed E-state index contributed by atoms with van der Waals surface area (Å²) < 4.78 is 0. The molecular weight excluding hydrogens is 347 g/mol. The molecule has 0 saturated heterocycles. The second-order valence-electron chi connectivity index (χ2n) is 3.34. The molecule has 116 valence electrons. The van der Waals surface area contributed by atoms with Crippen LogP contribution < -0.4 is 0 Å². The number of aromatic carboxylic acids is 1. The number of phenols is 1. The van der Waals surface area contributed by atoms with Gasteiger partial charge in [0.1, 0.15) is 11.3 Å². The molecule has 10 heteroatoms. The molecule has 0 heterocycles. The van der Waals surface area contributed by atoms with Crippen molar-refractivity contribution in [3.05, 3.63) is 27.7 Å². The molecule has 0 amide bonds. The molecule has 21 heavy (non-hydrogen) atoms. The van der Waals surface area contributed by atoms with E-state index in [0.717, 1.165) is 11.8 Å². The van der Waals surface area contributed by atoms with Crippen molar-refractivity contribution in [2.24, 2.45) is 0 Å². The molecule has 0 aliphatic rings. The van der Waals surface area contributed by atoms with Crippen LogP contribution in [0.1, 0.15) is 10.4 Å². The molecule has 0 aliphatic carbocycles. The van der Waals surface area contributed by atoms with E-state index in [1.165, 1.54) is 12.1 Å². The lowest BCUT2D eigenvalue weighted by Gasteiger charge is -2.02. The van der Waals surface area contributed by atoms with Gasteiger partial charge in [0.2, 0.25) is 0 Å². The van der Waals surface area contributed by atoms with Crippen LogP contribution in [-0.4, -0.2) is 49.8 Å². The minimum absolute atomic E-state index is 0.0307. The fourth-order valence-corrected chi connectivity index (χ4v) is 1.81. The topological polar surface area (TPSA) is 132 Å². The van der Waals surface area contributed by atoms with E-state index < -0.39 is 23.7 Å². The Morgan fingerprint density at radius 2 is 1.38 bits per heavy atom. The van der Waals surface area contributed by atoms with Crippen molar-refractivity contribution >= 4 is 52.9 Å². The zero-order valence-electron chi connectivity index (χ0n) is 10.2. The standard InChI is InChI=1S/C7H4Cl2O3.C4H6O4S/c8-3-1-2-4(9)6(10)5(3)7(11)12;5-3(6)1-9-2-4(7)8/h1-2,10H,(H,11,12);1-2H2,(H,5,6)(H,7,8). The van der Waals surface area contributed by atoms with Crippen LogP contribution in [0.25, 0.3) is 0 Å². The smallest absolute Gasteiger partial charge is 0.341 e. The molecule has 1 rings (SSSR count). The van der Waals surface area contributed by atoms with E-state index in [4.69, 9.17) is 43.6 Å². The molecule has 0 fully saturated rings. The van der Waals surface area contributed by atoms with Gasteiger partial charge in [-0.05, 0) is 12.1 Å². The predicted octanol–water partition coefficient (Wildman–Crippen LogP) is 2.29. The largest absolute Gasteiger partial charge is 0.505 e. The van der Waals surface area contributed by atoms with E-state index in [-0.39, 0.29) is 27.1 Å². The van der Waals surface area contributed by atoms with E-state index in [2.05, 4.69) is 0 Å². The highest BCUT2D eigenvalue weighted by molar-refractivity contribution is 8.00. The Hall–Kier alpha value is -1.64. The molecule has 0 aromatic heterocycles. The van der Waals surface area contributed by atoms with Crippen LogP contribution in [0.3, 0.4) is 0 Å². The molecular formula is C11H10Cl2O7S. The number of rotatable bonds is 5. The summed E-state index contributed by atoms with van der Waals surface area (Å²) in [5, 5.41) is 33.7. The van der Waals surface area contributed by atoms with Crippen LogP contribution in [-0.2, 0) is 9.59 Å². The van der Waals surface area contributed by atoms with Gasteiger partial charge in [-0.3, -0.25) is 9.59 Å². The molecule has 0 aliphatic heterocycles. The van der Waals surface area contributed by atoms with E-state index in [1.807, 2.05) is 0 Å². The number of hydrogen-bond donors (Lipinski definition) is 4. The molecule has 0 radical (unpaired) electrons. The Kier molecular flexibility index (Phi) is 8.60. The summed E-state index contributed by atoms with van der Waals surface area (Å²) in [5.41, 5.74) is -0.371. The summed E-state index contributed by atoms with van der Waals surface area (Å²) >= 11 is 11.8. The summed E-state index contributed by atoms with van der Waals surface area (Å²) in [4.78, 5) is 30.0. The average molecular weight is 357 g/mol. The highest BCUT2D eigenvalue weighted by Gasteiger charge is 2.16.